The summed E-state index contributed by atoms with van der Waals surface area (Å²) in [5.41, 5.74) is 1.05. The lowest BCUT2D eigenvalue weighted by Gasteiger charge is -2.39. The third-order valence-electron chi connectivity index (χ3n) is 5.20. The zero-order valence-corrected chi connectivity index (χ0v) is 16.4. The first-order valence-electron chi connectivity index (χ1n) is 8.56. The highest BCUT2D eigenvalue weighted by molar-refractivity contribution is 6.74. The quantitative estimate of drug-likeness (QED) is 0.557. The van der Waals surface area contributed by atoms with E-state index in [9.17, 15) is 0 Å². The molecule has 0 aliphatic heterocycles. The Balaban J connectivity index is 2.06. The van der Waals surface area contributed by atoms with Crippen LogP contribution in [0.3, 0.4) is 0 Å². The van der Waals surface area contributed by atoms with E-state index in [1.807, 2.05) is 24.3 Å². The first-order valence-corrected chi connectivity index (χ1v) is 11.5. The summed E-state index contributed by atoms with van der Waals surface area (Å²) >= 11 is 0. The van der Waals surface area contributed by atoms with Gasteiger partial charge in [-0.2, -0.15) is 0 Å². The predicted molar refractivity (Wildman–Crippen MR) is 99.3 cm³/mol. The van der Waals surface area contributed by atoms with Gasteiger partial charge in [-0.15, -0.1) is 0 Å². The summed E-state index contributed by atoms with van der Waals surface area (Å²) in [6, 6.07) is 7.96. The number of hydrogen-bond acceptors (Lipinski definition) is 2. The Hall–Kier alpha value is -1.24. The van der Waals surface area contributed by atoms with Crippen molar-refractivity contribution in [1.82, 2.24) is 0 Å². The molecular weight excluding hydrogens is 300 g/mol. The molecule has 0 amide bonds. The molecule has 2 nitrogen and oxygen atoms in total. The van der Waals surface area contributed by atoms with Crippen molar-refractivity contribution in [2.24, 2.45) is 5.92 Å². The molecule has 0 spiro atoms. The van der Waals surface area contributed by atoms with Crippen LogP contribution in [-0.2, 0) is 4.43 Å². The van der Waals surface area contributed by atoms with E-state index in [4.69, 9.17) is 9.16 Å². The van der Waals surface area contributed by atoms with Gasteiger partial charge in [0.25, 0.3) is 0 Å². The Kier molecular flexibility index (Phi) is 5.60. The van der Waals surface area contributed by atoms with E-state index in [2.05, 4.69) is 45.7 Å². The van der Waals surface area contributed by atoms with Gasteiger partial charge in [-0.05, 0) is 61.7 Å². The van der Waals surface area contributed by atoms with Gasteiger partial charge in [0.05, 0.1) is 13.2 Å². The molecule has 1 aliphatic rings. The predicted octanol–water partition coefficient (Wildman–Crippen LogP) is 5.24. The summed E-state index contributed by atoms with van der Waals surface area (Å²) in [4.78, 5) is 0. The second kappa shape index (κ2) is 7.11. The van der Waals surface area contributed by atoms with Gasteiger partial charge >= 0.3 is 0 Å². The lowest BCUT2D eigenvalue weighted by atomic mass is 10.1. The van der Waals surface area contributed by atoms with Gasteiger partial charge in [0.1, 0.15) is 5.75 Å². The van der Waals surface area contributed by atoms with Crippen LogP contribution in [0.25, 0.3) is 0 Å². The van der Waals surface area contributed by atoms with Crippen molar-refractivity contribution < 1.29 is 9.16 Å². The maximum Gasteiger partial charge on any atom is 0.192 e. The number of ether oxygens (including phenoxy) is 1. The van der Waals surface area contributed by atoms with Gasteiger partial charge < -0.3 is 9.16 Å². The molecule has 0 unspecified atom stereocenters. The number of hydrogen-bond donors (Lipinski definition) is 0. The normalized spacial score (nSPS) is 21.7. The molecule has 3 heteroatoms. The van der Waals surface area contributed by atoms with E-state index in [-0.39, 0.29) is 5.04 Å². The van der Waals surface area contributed by atoms with Gasteiger partial charge in [-0.25, -0.2) is 0 Å². The van der Waals surface area contributed by atoms with Crippen molar-refractivity contribution in [3.63, 3.8) is 0 Å². The Morgan fingerprint density at radius 3 is 2.30 bits per heavy atom. The fraction of sp³-hybridized carbons (Fsp3) is 0.600. The summed E-state index contributed by atoms with van der Waals surface area (Å²) in [5.74, 6) is 8.03. The maximum absolute atomic E-state index is 6.62. The number of benzene rings is 1. The van der Waals surface area contributed by atoms with Crippen molar-refractivity contribution in [3.05, 3.63) is 29.8 Å². The Morgan fingerprint density at radius 2 is 1.74 bits per heavy atom. The van der Waals surface area contributed by atoms with Crippen molar-refractivity contribution in [2.75, 3.05) is 7.11 Å². The van der Waals surface area contributed by atoms with E-state index in [0.29, 0.717) is 12.0 Å². The summed E-state index contributed by atoms with van der Waals surface area (Å²) in [5, 5.41) is 0.254. The molecule has 23 heavy (non-hydrogen) atoms. The SMILES string of the molecule is COc1ccc(C#C[C@@H]2CCC[C@H]2O[Si](C)(C)C(C)(C)C)cc1. The summed E-state index contributed by atoms with van der Waals surface area (Å²) in [7, 11) is -0.0342. The van der Waals surface area contributed by atoms with E-state index < -0.39 is 8.32 Å². The lowest BCUT2D eigenvalue weighted by molar-refractivity contribution is 0.163. The molecule has 2 rings (SSSR count). The third-order valence-corrected chi connectivity index (χ3v) is 9.70. The summed E-state index contributed by atoms with van der Waals surface area (Å²) in [6.45, 7) is 11.6. The minimum Gasteiger partial charge on any atom is -0.497 e. The highest BCUT2D eigenvalue weighted by Gasteiger charge is 2.41. The molecular formula is C20H30O2Si. The molecule has 0 radical (unpaired) electrons. The Morgan fingerprint density at radius 1 is 1.09 bits per heavy atom. The second-order valence-electron chi connectivity index (χ2n) is 7.95. The van der Waals surface area contributed by atoms with E-state index in [0.717, 1.165) is 24.2 Å². The van der Waals surface area contributed by atoms with Crippen molar-refractivity contribution in [3.8, 4) is 17.6 Å². The molecule has 0 bridgehead atoms. The van der Waals surface area contributed by atoms with Crippen LogP contribution in [0, 0.1) is 17.8 Å². The largest absolute Gasteiger partial charge is 0.497 e. The summed E-state index contributed by atoms with van der Waals surface area (Å²) < 4.78 is 11.8. The van der Waals surface area contributed by atoms with Crippen LogP contribution in [0.15, 0.2) is 24.3 Å². The maximum atomic E-state index is 6.62. The van der Waals surface area contributed by atoms with Crippen molar-refractivity contribution in [2.45, 2.75) is 64.3 Å². The van der Waals surface area contributed by atoms with Crippen molar-refractivity contribution in [1.29, 1.82) is 0 Å². The van der Waals surface area contributed by atoms with Gasteiger partial charge in [0, 0.05) is 11.5 Å². The Labute approximate surface area is 142 Å². The van der Waals surface area contributed by atoms with Crippen LogP contribution in [0.1, 0.15) is 45.6 Å². The van der Waals surface area contributed by atoms with Gasteiger partial charge in [0.2, 0.25) is 0 Å². The smallest absolute Gasteiger partial charge is 0.192 e. The van der Waals surface area contributed by atoms with Crippen molar-refractivity contribution >= 4 is 8.32 Å². The molecule has 2 atom stereocenters. The first-order chi connectivity index (χ1) is 10.7. The lowest BCUT2D eigenvalue weighted by Crippen LogP contribution is -2.44. The fourth-order valence-electron chi connectivity index (χ4n) is 2.64. The standard InChI is InChI=1S/C20H30O2Si/c1-20(2,3)23(5,6)22-19-9-7-8-17(19)13-10-16-11-14-18(21-4)15-12-16/h11-12,14-15,17,19H,7-9H2,1-6H3/t17-,19+/m0/s1. The second-order valence-corrected chi connectivity index (χ2v) is 12.7. The van der Waals surface area contributed by atoms with Gasteiger partial charge in [-0.3, -0.25) is 0 Å². The molecule has 0 N–H and O–H groups in total. The first kappa shape index (κ1) is 18.1. The average molecular weight is 331 g/mol. The van der Waals surface area contributed by atoms with Crippen LogP contribution < -0.4 is 4.74 Å². The zero-order valence-electron chi connectivity index (χ0n) is 15.4. The van der Waals surface area contributed by atoms with Gasteiger partial charge in [0.15, 0.2) is 8.32 Å². The Bertz CT molecular complexity index is 572. The van der Waals surface area contributed by atoms with Crippen LogP contribution >= 0.6 is 0 Å². The monoisotopic (exact) mass is 330 g/mol. The topological polar surface area (TPSA) is 18.5 Å². The molecule has 1 aromatic rings. The minimum absolute atomic E-state index is 0.254. The van der Waals surface area contributed by atoms with Crippen LogP contribution in [0.5, 0.6) is 5.75 Å². The number of methoxy groups -OCH3 is 1. The molecule has 1 aliphatic carbocycles. The molecule has 126 valence electrons. The van der Waals surface area contributed by atoms with E-state index >= 15 is 0 Å². The number of rotatable bonds is 3. The molecule has 0 saturated heterocycles. The molecule has 1 aromatic carbocycles. The van der Waals surface area contributed by atoms with Gasteiger partial charge in [-0.1, -0.05) is 32.6 Å². The van der Waals surface area contributed by atoms with Crippen LogP contribution in [-0.4, -0.2) is 21.5 Å². The summed E-state index contributed by atoms with van der Waals surface area (Å²) in [6.07, 6.45) is 3.83. The van der Waals surface area contributed by atoms with E-state index in [1.165, 1.54) is 6.42 Å². The highest BCUT2D eigenvalue weighted by Crippen LogP contribution is 2.40. The highest BCUT2D eigenvalue weighted by atomic mass is 28.4. The third kappa shape index (κ3) is 4.62. The average Bonchev–Trinajstić information content (AvgIpc) is 2.91. The van der Waals surface area contributed by atoms with E-state index in [1.54, 1.807) is 7.11 Å². The molecule has 0 aromatic heterocycles. The minimum atomic E-state index is -1.72. The molecule has 0 heterocycles. The fourth-order valence-corrected chi connectivity index (χ4v) is 4.03. The van der Waals surface area contributed by atoms with Crippen LogP contribution in [0.2, 0.25) is 18.1 Å². The molecule has 1 fully saturated rings. The zero-order chi connectivity index (χ0) is 17.1. The van der Waals surface area contributed by atoms with Crippen LogP contribution in [0.4, 0.5) is 0 Å². The molecule has 1 saturated carbocycles.